The summed E-state index contributed by atoms with van der Waals surface area (Å²) in [5.74, 6) is -3.04. The van der Waals surface area contributed by atoms with E-state index in [9.17, 15) is 27.1 Å². The molecule has 23 heavy (non-hydrogen) atoms. The topological polar surface area (TPSA) is 90.0 Å². The van der Waals surface area contributed by atoms with Gasteiger partial charge in [-0.3, -0.25) is 9.69 Å². The smallest absolute Gasteiger partial charge is 0.250 e. The Balaban J connectivity index is 1.82. The second-order valence-electron chi connectivity index (χ2n) is 6.52. The van der Waals surface area contributed by atoms with Gasteiger partial charge in [-0.1, -0.05) is 0 Å². The minimum absolute atomic E-state index is 0.0875. The molecule has 0 saturated carbocycles. The largest absolute Gasteiger partial charge is 0.387 e. The second-order valence-corrected chi connectivity index (χ2v) is 8.35. The summed E-state index contributed by atoms with van der Waals surface area (Å²) in [7, 11) is -3.45. The van der Waals surface area contributed by atoms with E-state index >= 15 is 0 Å². The van der Waals surface area contributed by atoms with E-state index in [4.69, 9.17) is 0 Å². The van der Waals surface area contributed by atoms with E-state index in [1.165, 1.54) is 4.90 Å². The van der Waals surface area contributed by atoms with Gasteiger partial charge in [0.05, 0.1) is 24.9 Å². The summed E-state index contributed by atoms with van der Waals surface area (Å²) in [6.45, 7) is 0.754. The number of rotatable bonds is 5. The van der Waals surface area contributed by atoms with Crippen LogP contribution >= 0.6 is 0 Å². The molecule has 7 nitrogen and oxygen atoms in total. The first-order chi connectivity index (χ1) is 10.5. The number of amides is 1. The number of aliphatic hydroxyl groups is 1. The number of halogens is 2. The van der Waals surface area contributed by atoms with Crippen molar-refractivity contribution >= 4 is 15.9 Å². The molecule has 0 aliphatic carbocycles. The normalized spacial score (nSPS) is 29.0. The van der Waals surface area contributed by atoms with Gasteiger partial charge in [-0.05, 0) is 6.42 Å². The zero-order valence-electron chi connectivity index (χ0n) is 13.1. The summed E-state index contributed by atoms with van der Waals surface area (Å²) < 4.78 is 50.4. The number of β-amino-alcohol motifs (C(OH)–C–C–N with tert-alkyl or cyclic N) is 1. The van der Waals surface area contributed by atoms with Crippen LogP contribution in [-0.4, -0.2) is 86.3 Å². The Morgan fingerprint density at radius 3 is 2.39 bits per heavy atom. The predicted octanol–water partition coefficient (Wildman–Crippen LogP) is -0.770. The third-order valence-electron chi connectivity index (χ3n) is 4.28. The third kappa shape index (κ3) is 5.63. The minimum atomic E-state index is -3.45. The number of carbonyl (C=O) groups excluding carboxylic acids is 1. The fourth-order valence-corrected chi connectivity index (χ4v) is 3.34. The Kier molecular flexibility index (Phi) is 5.29. The molecule has 2 aliphatic heterocycles. The predicted molar refractivity (Wildman–Crippen MR) is 79.6 cm³/mol. The highest BCUT2D eigenvalue weighted by molar-refractivity contribution is 7.88. The van der Waals surface area contributed by atoms with E-state index in [1.807, 2.05) is 0 Å². The molecule has 2 saturated heterocycles. The summed E-state index contributed by atoms with van der Waals surface area (Å²) in [6.07, 6.45) is 0.880. The van der Waals surface area contributed by atoms with Gasteiger partial charge in [0.1, 0.15) is 0 Å². The molecular weight excluding hydrogens is 332 g/mol. The fraction of sp³-hybridized carbons (Fsp3) is 0.923. The summed E-state index contributed by atoms with van der Waals surface area (Å²) in [6, 6.07) is 0. The number of carbonyl (C=O) groups is 1. The van der Waals surface area contributed by atoms with Crippen molar-refractivity contribution in [2.24, 2.45) is 0 Å². The van der Waals surface area contributed by atoms with E-state index in [-0.39, 0.29) is 45.6 Å². The monoisotopic (exact) mass is 355 g/mol. The van der Waals surface area contributed by atoms with E-state index < -0.39 is 27.5 Å². The van der Waals surface area contributed by atoms with Gasteiger partial charge < -0.3 is 10.0 Å². The molecule has 2 rings (SSSR count). The molecular formula is C13H23F2N3O4S. The SMILES string of the molecule is CS(=O)(=O)NCC(=O)N1CC[C@@](O)(CN2CCC(F)(F)CC2)C1. The van der Waals surface area contributed by atoms with Gasteiger partial charge in [-0.25, -0.2) is 21.9 Å². The molecule has 10 heteroatoms. The van der Waals surface area contributed by atoms with E-state index in [0.717, 1.165) is 6.26 Å². The van der Waals surface area contributed by atoms with Crippen LogP contribution in [0.15, 0.2) is 0 Å². The standard InChI is InChI=1S/C13H23F2N3O4S/c1-23(21,22)16-8-11(19)18-7-2-12(20,10-18)9-17-5-3-13(14,15)4-6-17/h16,20H,2-10H2,1H3/t12-/m1/s1. The maximum Gasteiger partial charge on any atom is 0.250 e. The first kappa shape index (κ1) is 18.5. The van der Waals surface area contributed by atoms with Crippen LogP contribution in [0.2, 0.25) is 0 Å². The summed E-state index contributed by atoms with van der Waals surface area (Å²) >= 11 is 0. The molecule has 0 spiro atoms. The van der Waals surface area contributed by atoms with Crippen LogP contribution < -0.4 is 4.72 Å². The average Bonchev–Trinajstić information content (AvgIpc) is 2.80. The van der Waals surface area contributed by atoms with Crippen LogP contribution in [0, 0.1) is 0 Å². The number of nitrogens with zero attached hydrogens (tertiary/aromatic N) is 2. The van der Waals surface area contributed by atoms with Crippen LogP contribution in [0.4, 0.5) is 8.78 Å². The van der Waals surface area contributed by atoms with Crippen LogP contribution in [0.25, 0.3) is 0 Å². The minimum Gasteiger partial charge on any atom is -0.387 e. The van der Waals surface area contributed by atoms with Crippen molar-refractivity contribution in [1.29, 1.82) is 0 Å². The Bertz CT molecular complexity index is 547. The lowest BCUT2D eigenvalue weighted by Crippen LogP contribution is -2.50. The van der Waals surface area contributed by atoms with Gasteiger partial charge in [-0.2, -0.15) is 0 Å². The van der Waals surface area contributed by atoms with Gasteiger partial charge in [0.15, 0.2) is 0 Å². The van der Waals surface area contributed by atoms with Crippen LogP contribution in [0.5, 0.6) is 0 Å². The van der Waals surface area contributed by atoms with Crippen molar-refractivity contribution in [2.45, 2.75) is 30.8 Å². The molecule has 1 atom stereocenters. The zero-order chi connectivity index (χ0) is 17.3. The first-order valence-corrected chi connectivity index (χ1v) is 9.42. The van der Waals surface area contributed by atoms with Crippen molar-refractivity contribution in [2.75, 3.05) is 45.5 Å². The lowest BCUT2D eigenvalue weighted by atomic mass is 10.00. The average molecular weight is 355 g/mol. The number of nitrogens with one attached hydrogen (secondary N) is 1. The quantitative estimate of drug-likeness (QED) is 0.676. The maximum absolute atomic E-state index is 13.1. The highest BCUT2D eigenvalue weighted by Gasteiger charge is 2.42. The lowest BCUT2D eigenvalue weighted by Gasteiger charge is -2.36. The molecule has 0 aromatic heterocycles. The highest BCUT2D eigenvalue weighted by atomic mass is 32.2. The van der Waals surface area contributed by atoms with Gasteiger partial charge in [-0.15, -0.1) is 0 Å². The molecule has 0 bridgehead atoms. The molecule has 0 aromatic carbocycles. The lowest BCUT2D eigenvalue weighted by molar-refractivity contribution is -0.130. The number of hydrogen-bond acceptors (Lipinski definition) is 5. The third-order valence-corrected chi connectivity index (χ3v) is 4.94. The summed E-state index contributed by atoms with van der Waals surface area (Å²) in [4.78, 5) is 15.1. The van der Waals surface area contributed by atoms with Gasteiger partial charge in [0.25, 0.3) is 5.92 Å². The van der Waals surface area contributed by atoms with Crippen molar-refractivity contribution in [3.8, 4) is 0 Å². The number of likely N-dealkylation sites (tertiary alicyclic amines) is 2. The Hall–Kier alpha value is -0.840. The molecule has 2 fully saturated rings. The van der Waals surface area contributed by atoms with Gasteiger partial charge in [0, 0.05) is 39.0 Å². The summed E-state index contributed by atoms with van der Waals surface area (Å²) in [5, 5.41) is 10.6. The molecule has 2 N–H and O–H groups in total. The van der Waals surface area contributed by atoms with Crippen LogP contribution in [-0.2, 0) is 14.8 Å². The number of alkyl halides is 2. The Morgan fingerprint density at radius 2 is 1.83 bits per heavy atom. The number of piperidine rings is 1. The molecule has 0 radical (unpaired) electrons. The van der Waals surface area contributed by atoms with E-state index in [0.29, 0.717) is 13.0 Å². The maximum atomic E-state index is 13.1. The molecule has 0 unspecified atom stereocenters. The van der Waals surface area contributed by atoms with Crippen molar-refractivity contribution in [1.82, 2.24) is 14.5 Å². The zero-order valence-corrected chi connectivity index (χ0v) is 13.9. The van der Waals surface area contributed by atoms with Crippen molar-refractivity contribution < 1.29 is 27.1 Å². The summed E-state index contributed by atoms with van der Waals surface area (Å²) in [5.41, 5.74) is -1.13. The second kappa shape index (κ2) is 6.58. The van der Waals surface area contributed by atoms with E-state index in [2.05, 4.69) is 4.72 Å². The highest BCUT2D eigenvalue weighted by Crippen LogP contribution is 2.30. The Morgan fingerprint density at radius 1 is 1.22 bits per heavy atom. The molecule has 2 aliphatic rings. The first-order valence-electron chi connectivity index (χ1n) is 7.53. The van der Waals surface area contributed by atoms with Crippen molar-refractivity contribution in [3.63, 3.8) is 0 Å². The van der Waals surface area contributed by atoms with Gasteiger partial charge >= 0.3 is 0 Å². The van der Waals surface area contributed by atoms with E-state index in [1.54, 1.807) is 4.90 Å². The van der Waals surface area contributed by atoms with Crippen molar-refractivity contribution in [3.05, 3.63) is 0 Å². The molecule has 1 amide bonds. The number of sulfonamides is 1. The number of hydrogen-bond donors (Lipinski definition) is 2. The van der Waals surface area contributed by atoms with Gasteiger partial charge in [0.2, 0.25) is 15.9 Å². The van der Waals surface area contributed by atoms with Crippen LogP contribution in [0.1, 0.15) is 19.3 Å². The molecule has 134 valence electrons. The molecule has 2 heterocycles. The van der Waals surface area contributed by atoms with Crippen LogP contribution in [0.3, 0.4) is 0 Å². The molecule has 0 aromatic rings. The Labute approximate surface area is 134 Å². The fourth-order valence-electron chi connectivity index (χ4n) is 2.96.